The quantitative estimate of drug-likeness (QED) is 0.883. The Labute approximate surface area is 135 Å². The summed E-state index contributed by atoms with van der Waals surface area (Å²) in [4.78, 5) is 12.7. The van der Waals surface area contributed by atoms with Crippen molar-refractivity contribution >= 4 is 5.91 Å². The first kappa shape index (κ1) is 15.7. The Bertz CT molecular complexity index is 688. The summed E-state index contributed by atoms with van der Waals surface area (Å²) in [6, 6.07) is -0.292. The van der Waals surface area contributed by atoms with E-state index in [2.05, 4.69) is 39.6 Å². The van der Waals surface area contributed by atoms with Gasteiger partial charge in [-0.1, -0.05) is 13.8 Å². The number of H-pyrrole nitrogens is 1. The zero-order valence-corrected chi connectivity index (χ0v) is 13.8. The van der Waals surface area contributed by atoms with Gasteiger partial charge in [-0.25, -0.2) is 0 Å². The van der Waals surface area contributed by atoms with Crippen molar-refractivity contribution in [1.82, 2.24) is 25.7 Å². The van der Waals surface area contributed by atoms with Gasteiger partial charge in [0.1, 0.15) is 6.04 Å². The molecule has 0 aromatic carbocycles. The van der Waals surface area contributed by atoms with Crippen LogP contribution in [0.25, 0.3) is 0 Å². The normalized spacial score (nSPS) is 15.5. The van der Waals surface area contributed by atoms with Crippen LogP contribution in [0, 0.1) is 12.8 Å². The van der Waals surface area contributed by atoms with Crippen molar-refractivity contribution in [2.45, 2.75) is 58.9 Å². The summed E-state index contributed by atoms with van der Waals surface area (Å²) in [6.45, 7) is 5.94. The molecule has 23 heavy (non-hydrogen) atoms. The highest BCUT2D eigenvalue weighted by Crippen LogP contribution is 2.24. The molecule has 0 saturated heterocycles. The minimum atomic E-state index is -0.292. The van der Waals surface area contributed by atoms with Gasteiger partial charge in [0, 0.05) is 18.2 Å². The summed E-state index contributed by atoms with van der Waals surface area (Å²) in [5, 5.41) is 18.2. The molecule has 2 heterocycles. The van der Waals surface area contributed by atoms with E-state index in [1.165, 1.54) is 0 Å². The van der Waals surface area contributed by atoms with E-state index in [1.807, 2.05) is 0 Å². The summed E-state index contributed by atoms with van der Waals surface area (Å²) < 4.78 is 5.51. The van der Waals surface area contributed by atoms with E-state index in [0.29, 0.717) is 23.4 Å². The first-order valence-corrected chi connectivity index (χ1v) is 8.21. The Hall–Kier alpha value is -2.18. The molecular formula is C16H23N5O2. The third-order valence-corrected chi connectivity index (χ3v) is 4.12. The first-order valence-electron chi connectivity index (χ1n) is 8.21. The molecule has 1 unspecified atom stereocenters. The summed E-state index contributed by atoms with van der Waals surface area (Å²) in [5.74, 6) is 1.17. The highest BCUT2D eigenvalue weighted by Gasteiger charge is 2.26. The molecule has 1 aliphatic carbocycles. The van der Waals surface area contributed by atoms with Crippen LogP contribution in [0.3, 0.4) is 0 Å². The van der Waals surface area contributed by atoms with Gasteiger partial charge < -0.3 is 9.73 Å². The minimum Gasteiger partial charge on any atom is -0.423 e. The summed E-state index contributed by atoms with van der Waals surface area (Å²) in [7, 11) is 0. The lowest BCUT2D eigenvalue weighted by Gasteiger charge is -2.17. The summed E-state index contributed by atoms with van der Waals surface area (Å²) in [6.07, 6.45) is 4.86. The van der Waals surface area contributed by atoms with Crippen molar-refractivity contribution in [2.75, 3.05) is 0 Å². The van der Waals surface area contributed by atoms with Crippen LogP contribution in [0.5, 0.6) is 0 Å². The van der Waals surface area contributed by atoms with E-state index in [9.17, 15) is 4.79 Å². The SMILES string of the molecule is Cc1nnc(C(CC(C)C)NC(=O)c2n[nH]c3c2CCCC3)o1. The zero-order chi connectivity index (χ0) is 16.4. The fourth-order valence-corrected chi connectivity index (χ4v) is 3.04. The van der Waals surface area contributed by atoms with Gasteiger partial charge in [-0.3, -0.25) is 9.89 Å². The number of aromatic nitrogens is 4. The third kappa shape index (κ3) is 3.43. The molecule has 2 aromatic rings. The number of hydrogen-bond acceptors (Lipinski definition) is 5. The highest BCUT2D eigenvalue weighted by atomic mass is 16.4. The predicted molar refractivity (Wildman–Crippen MR) is 83.9 cm³/mol. The largest absolute Gasteiger partial charge is 0.423 e. The maximum absolute atomic E-state index is 12.7. The molecule has 2 N–H and O–H groups in total. The lowest BCUT2D eigenvalue weighted by atomic mass is 9.95. The molecule has 0 bridgehead atoms. The number of amides is 1. The van der Waals surface area contributed by atoms with Crippen LogP contribution in [-0.4, -0.2) is 26.3 Å². The minimum absolute atomic E-state index is 0.175. The van der Waals surface area contributed by atoms with Crippen LogP contribution in [0.2, 0.25) is 0 Å². The van der Waals surface area contributed by atoms with E-state index in [4.69, 9.17) is 4.42 Å². The number of rotatable bonds is 5. The van der Waals surface area contributed by atoms with Crippen LogP contribution in [0.1, 0.15) is 72.7 Å². The van der Waals surface area contributed by atoms with Gasteiger partial charge in [0.15, 0.2) is 5.69 Å². The van der Waals surface area contributed by atoms with Crippen LogP contribution < -0.4 is 5.32 Å². The van der Waals surface area contributed by atoms with Gasteiger partial charge in [-0.2, -0.15) is 5.10 Å². The number of nitrogens with one attached hydrogen (secondary N) is 2. The highest BCUT2D eigenvalue weighted by molar-refractivity contribution is 5.94. The Morgan fingerprint density at radius 2 is 2.09 bits per heavy atom. The van der Waals surface area contributed by atoms with Crippen LogP contribution >= 0.6 is 0 Å². The fourth-order valence-electron chi connectivity index (χ4n) is 3.04. The predicted octanol–water partition coefficient (Wildman–Crippen LogP) is 2.50. The maximum Gasteiger partial charge on any atom is 0.272 e. The smallest absolute Gasteiger partial charge is 0.272 e. The number of carbonyl (C=O) groups is 1. The van der Waals surface area contributed by atoms with Gasteiger partial charge in [-0.05, 0) is 38.0 Å². The molecule has 0 spiro atoms. The molecule has 124 valence electrons. The Kier molecular flexibility index (Phi) is 4.45. The van der Waals surface area contributed by atoms with E-state index >= 15 is 0 Å². The lowest BCUT2D eigenvalue weighted by Crippen LogP contribution is -2.31. The first-order chi connectivity index (χ1) is 11.0. The molecule has 3 rings (SSSR count). The molecule has 0 fully saturated rings. The van der Waals surface area contributed by atoms with Crippen molar-refractivity contribution in [2.24, 2.45) is 5.92 Å². The zero-order valence-electron chi connectivity index (χ0n) is 13.8. The maximum atomic E-state index is 12.7. The molecule has 0 radical (unpaired) electrons. The summed E-state index contributed by atoms with van der Waals surface area (Å²) in [5.41, 5.74) is 2.65. The molecular weight excluding hydrogens is 294 g/mol. The molecule has 7 heteroatoms. The number of aromatic amines is 1. The van der Waals surface area contributed by atoms with Crippen molar-refractivity contribution in [3.8, 4) is 0 Å². The van der Waals surface area contributed by atoms with E-state index in [1.54, 1.807) is 6.92 Å². The molecule has 0 aliphatic heterocycles. The van der Waals surface area contributed by atoms with E-state index in [0.717, 1.165) is 43.4 Å². The van der Waals surface area contributed by atoms with Crippen molar-refractivity contribution < 1.29 is 9.21 Å². The monoisotopic (exact) mass is 317 g/mol. The van der Waals surface area contributed by atoms with Gasteiger partial charge in [-0.15, -0.1) is 10.2 Å². The average Bonchev–Trinajstić information content (AvgIpc) is 3.12. The average molecular weight is 317 g/mol. The second kappa shape index (κ2) is 6.52. The Balaban J connectivity index is 1.79. The van der Waals surface area contributed by atoms with Crippen molar-refractivity contribution in [1.29, 1.82) is 0 Å². The van der Waals surface area contributed by atoms with Crippen molar-refractivity contribution in [3.05, 3.63) is 28.7 Å². The molecule has 1 atom stereocenters. The number of nitrogens with zero attached hydrogens (tertiary/aromatic N) is 3. The second-order valence-electron chi connectivity index (χ2n) is 6.55. The summed E-state index contributed by atoms with van der Waals surface area (Å²) >= 11 is 0. The standard InChI is InChI=1S/C16H23N5O2/c1-9(2)8-13(16-21-18-10(3)23-16)17-15(22)14-11-6-4-5-7-12(11)19-20-14/h9,13H,4-8H2,1-3H3,(H,17,22)(H,19,20). The molecule has 2 aromatic heterocycles. The molecule has 1 aliphatic rings. The number of hydrogen-bond donors (Lipinski definition) is 2. The fraction of sp³-hybridized carbons (Fsp3) is 0.625. The van der Waals surface area contributed by atoms with Crippen LogP contribution in [0.15, 0.2) is 4.42 Å². The molecule has 1 amide bonds. The molecule has 7 nitrogen and oxygen atoms in total. The van der Waals surface area contributed by atoms with Gasteiger partial charge in [0.05, 0.1) is 0 Å². The van der Waals surface area contributed by atoms with Gasteiger partial charge in [0.25, 0.3) is 5.91 Å². The second-order valence-corrected chi connectivity index (χ2v) is 6.55. The number of fused-ring (bicyclic) bond motifs is 1. The van der Waals surface area contributed by atoms with E-state index in [-0.39, 0.29) is 11.9 Å². The Morgan fingerprint density at radius 1 is 1.30 bits per heavy atom. The Morgan fingerprint density at radius 3 is 2.78 bits per heavy atom. The van der Waals surface area contributed by atoms with Crippen LogP contribution in [0.4, 0.5) is 0 Å². The van der Waals surface area contributed by atoms with E-state index < -0.39 is 0 Å². The van der Waals surface area contributed by atoms with Gasteiger partial charge in [0.2, 0.25) is 11.8 Å². The topological polar surface area (TPSA) is 96.7 Å². The number of aryl methyl sites for hydroxylation is 2. The van der Waals surface area contributed by atoms with Crippen molar-refractivity contribution in [3.63, 3.8) is 0 Å². The molecule has 0 saturated carbocycles. The van der Waals surface area contributed by atoms with Gasteiger partial charge >= 0.3 is 0 Å². The third-order valence-electron chi connectivity index (χ3n) is 4.12. The lowest BCUT2D eigenvalue weighted by molar-refractivity contribution is 0.0918. The number of carbonyl (C=O) groups excluding carboxylic acids is 1. The van der Waals surface area contributed by atoms with Crippen LogP contribution in [-0.2, 0) is 12.8 Å².